The maximum absolute atomic E-state index is 13.5. The molecule has 0 spiro atoms. The summed E-state index contributed by atoms with van der Waals surface area (Å²) in [5.74, 6) is 0.381. The Bertz CT molecular complexity index is 1290. The van der Waals surface area contributed by atoms with Crippen LogP contribution >= 0.6 is 11.3 Å². The van der Waals surface area contributed by atoms with Gasteiger partial charge in [0.2, 0.25) is 10.0 Å². The third kappa shape index (κ3) is 5.96. The zero-order valence-electron chi connectivity index (χ0n) is 20.2. The SMILES string of the molecule is C=CCN(CC=C)S(=O)(=O)c1ccc(C(=O)N(CCN(C)C)c2nc3c(OC)cccc3s2)cc1. The number of fused-ring (bicyclic) bond motifs is 1. The first-order valence-corrected chi connectivity index (χ1v) is 13.2. The summed E-state index contributed by atoms with van der Waals surface area (Å²) in [4.78, 5) is 21.9. The summed E-state index contributed by atoms with van der Waals surface area (Å²) in [5.41, 5.74) is 1.07. The van der Waals surface area contributed by atoms with Gasteiger partial charge in [0.25, 0.3) is 5.91 Å². The van der Waals surface area contributed by atoms with Crippen molar-refractivity contribution in [2.24, 2.45) is 0 Å². The van der Waals surface area contributed by atoms with E-state index in [1.807, 2.05) is 37.2 Å². The van der Waals surface area contributed by atoms with Gasteiger partial charge in [-0.3, -0.25) is 9.69 Å². The van der Waals surface area contributed by atoms with Gasteiger partial charge in [-0.25, -0.2) is 13.4 Å². The highest BCUT2D eigenvalue weighted by Gasteiger charge is 2.25. The van der Waals surface area contributed by atoms with Crippen molar-refractivity contribution in [3.8, 4) is 5.75 Å². The largest absolute Gasteiger partial charge is 0.494 e. The number of thiazole rings is 1. The first kappa shape index (κ1) is 26.6. The maximum Gasteiger partial charge on any atom is 0.260 e. The van der Waals surface area contributed by atoms with E-state index in [4.69, 9.17) is 4.74 Å². The number of anilines is 1. The quantitative estimate of drug-likeness (QED) is 0.341. The topological polar surface area (TPSA) is 83.1 Å². The number of methoxy groups -OCH3 is 1. The van der Waals surface area contributed by atoms with Crippen molar-refractivity contribution in [3.05, 3.63) is 73.3 Å². The number of carbonyl (C=O) groups excluding carboxylic acids is 1. The highest BCUT2D eigenvalue weighted by atomic mass is 32.2. The van der Waals surface area contributed by atoms with E-state index in [0.717, 1.165) is 4.70 Å². The van der Waals surface area contributed by atoms with Crippen LogP contribution in [-0.2, 0) is 10.0 Å². The number of sulfonamides is 1. The summed E-state index contributed by atoms with van der Waals surface area (Å²) in [5, 5.41) is 0.552. The number of ether oxygens (including phenoxy) is 1. The fourth-order valence-corrected chi connectivity index (χ4v) is 5.80. The molecule has 0 bridgehead atoms. The molecule has 3 aromatic rings. The van der Waals surface area contributed by atoms with Crippen molar-refractivity contribution in [1.29, 1.82) is 0 Å². The van der Waals surface area contributed by atoms with Gasteiger partial charge < -0.3 is 9.64 Å². The normalized spacial score (nSPS) is 11.7. The average molecular weight is 515 g/mol. The molecule has 1 heterocycles. The lowest BCUT2D eigenvalue weighted by Crippen LogP contribution is -2.36. The van der Waals surface area contributed by atoms with Crippen LogP contribution in [0.3, 0.4) is 0 Å². The number of carbonyl (C=O) groups is 1. The minimum atomic E-state index is -3.75. The molecule has 1 aromatic heterocycles. The number of hydrogen-bond acceptors (Lipinski definition) is 7. The van der Waals surface area contributed by atoms with Gasteiger partial charge in [-0.2, -0.15) is 4.31 Å². The standard InChI is InChI=1S/C25H30N4O4S2/c1-6-15-28(16-7-2)35(31,32)20-13-11-19(12-14-20)24(30)29(18-17-27(3)4)25-26-23-21(33-5)9-8-10-22(23)34-25/h6-14H,1-2,15-18H2,3-5H3. The lowest BCUT2D eigenvalue weighted by atomic mass is 10.2. The predicted molar refractivity (Wildman–Crippen MR) is 142 cm³/mol. The Morgan fingerprint density at radius 3 is 2.29 bits per heavy atom. The molecule has 0 aliphatic carbocycles. The molecule has 0 saturated heterocycles. The molecule has 1 amide bonds. The second-order valence-corrected chi connectivity index (χ2v) is 10.9. The predicted octanol–water partition coefficient (Wildman–Crippen LogP) is 3.88. The zero-order chi connectivity index (χ0) is 25.6. The Balaban J connectivity index is 1.95. The molecule has 0 aliphatic heterocycles. The number of nitrogens with zero attached hydrogens (tertiary/aromatic N) is 4. The third-order valence-electron chi connectivity index (χ3n) is 5.24. The molecular weight excluding hydrogens is 484 g/mol. The van der Waals surface area contributed by atoms with Gasteiger partial charge in [-0.1, -0.05) is 29.6 Å². The van der Waals surface area contributed by atoms with Crippen LogP contribution < -0.4 is 9.64 Å². The molecule has 0 N–H and O–H groups in total. The van der Waals surface area contributed by atoms with Crippen molar-refractivity contribution in [2.45, 2.75) is 4.90 Å². The summed E-state index contributed by atoms with van der Waals surface area (Å²) in [6, 6.07) is 11.6. The fourth-order valence-electron chi connectivity index (χ4n) is 3.41. The Morgan fingerprint density at radius 1 is 1.06 bits per heavy atom. The monoisotopic (exact) mass is 514 g/mol. The zero-order valence-corrected chi connectivity index (χ0v) is 21.8. The first-order chi connectivity index (χ1) is 16.7. The van der Waals surface area contributed by atoms with Crippen molar-refractivity contribution < 1.29 is 17.9 Å². The molecular formula is C25H30N4O4S2. The third-order valence-corrected chi connectivity index (χ3v) is 8.13. The van der Waals surface area contributed by atoms with Crippen molar-refractivity contribution >= 4 is 42.6 Å². The molecule has 0 aliphatic rings. The number of benzene rings is 2. The number of rotatable bonds is 12. The van der Waals surface area contributed by atoms with Crippen LogP contribution in [0.25, 0.3) is 10.2 Å². The molecule has 186 valence electrons. The molecule has 0 saturated carbocycles. The average Bonchev–Trinajstić information content (AvgIpc) is 3.28. The van der Waals surface area contributed by atoms with Gasteiger partial charge in [0.1, 0.15) is 11.3 Å². The van der Waals surface area contributed by atoms with Crippen LogP contribution in [0, 0.1) is 0 Å². The highest BCUT2D eigenvalue weighted by Crippen LogP contribution is 2.34. The number of hydrogen-bond donors (Lipinski definition) is 0. The number of aromatic nitrogens is 1. The fraction of sp³-hybridized carbons (Fsp3) is 0.280. The Kier molecular flexibility index (Phi) is 8.79. The maximum atomic E-state index is 13.5. The number of amides is 1. The van der Waals surface area contributed by atoms with E-state index in [1.165, 1.54) is 52.1 Å². The molecule has 8 nitrogen and oxygen atoms in total. The Labute approximate surface area is 210 Å². The van der Waals surface area contributed by atoms with Gasteiger partial charge >= 0.3 is 0 Å². The minimum absolute atomic E-state index is 0.0994. The van der Waals surface area contributed by atoms with Gasteiger partial charge in [-0.15, -0.1) is 13.2 Å². The van der Waals surface area contributed by atoms with E-state index in [9.17, 15) is 13.2 Å². The van der Waals surface area contributed by atoms with E-state index in [0.29, 0.717) is 35.1 Å². The van der Waals surface area contributed by atoms with E-state index in [-0.39, 0.29) is 23.9 Å². The van der Waals surface area contributed by atoms with Crippen LogP contribution in [0.2, 0.25) is 0 Å². The summed E-state index contributed by atoms with van der Waals surface area (Å²) in [7, 11) is 1.70. The number of likely N-dealkylation sites (N-methyl/N-ethyl adjacent to an activating group) is 1. The van der Waals surface area contributed by atoms with Crippen molar-refractivity contribution in [3.63, 3.8) is 0 Å². The van der Waals surface area contributed by atoms with Crippen LogP contribution in [0.1, 0.15) is 10.4 Å². The second kappa shape index (κ2) is 11.6. The summed E-state index contributed by atoms with van der Waals surface area (Å²) < 4.78 is 33.6. The van der Waals surface area contributed by atoms with Crippen LogP contribution in [0.15, 0.2) is 72.7 Å². The molecule has 0 unspecified atom stereocenters. The molecule has 3 rings (SSSR count). The van der Waals surface area contributed by atoms with Crippen molar-refractivity contribution in [1.82, 2.24) is 14.2 Å². The molecule has 0 radical (unpaired) electrons. The van der Waals surface area contributed by atoms with Gasteiger partial charge in [0.15, 0.2) is 5.13 Å². The molecule has 2 aromatic carbocycles. The van der Waals surface area contributed by atoms with Crippen LogP contribution in [-0.4, -0.2) is 75.9 Å². The van der Waals surface area contributed by atoms with Gasteiger partial charge in [0.05, 0.1) is 16.7 Å². The second-order valence-electron chi connectivity index (χ2n) is 7.99. The summed E-state index contributed by atoms with van der Waals surface area (Å²) >= 11 is 1.41. The lowest BCUT2D eigenvalue weighted by molar-refractivity contribution is 0.0985. The summed E-state index contributed by atoms with van der Waals surface area (Å²) in [6.45, 7) is 8.62. The van der Waals surface area contributed by atoms with E-state index in [1.54, 1.807) is 12.0 Å². The Morgan fingerprint density at radius 2 is 1.71 bits per heavy atom. The molecule has 35 heavy (non-hydrogen) atoms. The Hall–Kier alpha value is -3.05. The first-order valence-electron chi connectivity index (χ1n) is 10.9. The molecule has 0 atom stereocenters. The summed E-state index contributed by atoms with van der Waals surface area (Å²) in [6.07, 6.45) is 3.04. The van der Waals surface area contributed by atoms with Gasteiger partial charge in [0, 0.05) is 31.7 Å². The van der Waals surface area contributed by atoms with E-state index < -0.39 is 10.0 Å². The molecule has 0 fully saturated rings. The highest BCUT2D eigenvalue weighted by molar-refractivity contribution is 7.89. The smallest absolute Gasteiger partial charge is 0.260 e. The molecule has 10 heteroatoms. The van der Waals surface area contributed by atoms with Crippen molar-refractivity contribution in [2.75, 3.05) is 52.3 Å². The van der Waals surface area contributed by atoms with E-state index >= 15 is 0 Å². The lowest BCUT2D eigenvalue weighted by Gasteiger charge is -2.22. The number of para-hydroxylation sites is 1. The van der Waals surface area contributed by atoms with Crippen LogP contribution in [0.5, 0.6) is 5.75 Å². The van der Waals surface area contributed by atoms with Gasteiger partial charge in [-0.05, 0) is 50.5 Å². The van der Waals surface area contributed by atoms with E-state index in [2.05, 4.69) is 18.1 Å². The minimum Gasteiger partial charge on any atom is -0.494 e. The van der Waals surface area contributed by atoms with Crippen LogP contribution in [0.4, 0.5) is 5.13 Å².